The third kappa shape index (κ3) is 3.86. The summed E-state index contributed by atoms with van der Waals surface area (Å²) in [7, 11) is 1.47. The number of nitrogens with one attached hydrogen (secondary N) is 1. The SMILES string of the molecule is CN(CC(=O)N1CCOCC1)C(=O)CN1C(=O)N[C@@](C)(c2cc3ccccc3o2)C1=O. The van der Waals surface area contributed by atoms with Crippen molar-refractivity contribution in [2.24, 2.45) is 0 Å². The molecule has 1 N–H and O–H groups in total. The third-order valence-electron chi connectivity index (χ3n) is 5.65. The van der Waals surface area contributed by atoms with E-state index in [0.717, 1.165) is 10.3 Å². The van der Waals surface area contributed by atoms with Crippen LogP contribution < -0.4 is 5.32 Å². The Hall–Kier alpha value is -3.40. The number of para-hydroxylation sites is 1. The fourth-order valence-corrected chi connectivity index (χ4v) is 3.70. The Morgan fingerprint density at radius 1 is 1.19 bits per heavy atom. The number of amides is 5. The molecule has 0 aliphatic carbocycles. The predicted octanol–water partition coefficient (Wildman–Crippen LogP) is 0.517. The molecule has 2 saturated heterocycles. The van der Waals surface area contributed by atoms with Crippen molar-refractivity contribution >= 4 is 34.7 Å². The quantitative estimate of drug-likeness (QED) is 0.695. The molecule has 3 heterocycles. The Bertz CT molecular complexity index is 1010. The van der Waals surface area contributed by atoms with Crippen LogP contribution in [-0.2, 0) is 24.7 Å². The van der Waals surface area contributed by atoms with E-state index in [1.807, 2.05) is 18.2 Å². The smallest absolute Gasteiger partial charge is 0.325 e. The van der Waals surface area contributed by atoms with Gasteiger partial charge in [0.25, 0.3) is 5.91 Å². The number of rotatable bonds is 5. The number of hydrogen-bond donors (Lipinski definition) is 1. The van der Waals surface area contributed by atoms with E-state index in [9.17, 15) is 19.2 Å². The van der Waals surface area contributed by atoms with E-state index in [1.54, 1.807) is 24.0 Å². The molecule has 10 nitrogen and oxygen atoms in total. The first-order valence-electron chi connectivity index (χ1n) is 10.0. The largest absolute Gasteiger partial charge is 0.458 e. The molecule has 2 aliphatic rings. The maximum Gasteiger partial charge on any atom is 0.325 e. The summed E-state index contributed by atoms with van der Waals surface area (Å²) in [5.74, 6) is -1.02. The fraction of sp³-hybridized carbons (Fsp3) is 0.429. The van der Waals surface area contributed by atoms with Crippen LogP contribution >= 0.6 is 0 Å². The Labute approximate surface area is 178 Å². The second kappa shape index (κ2) is 8.03. The first-order valence-corrected chi connectivity index (χ1v) is 10.0. The zero-order valence-corrected chi connectivity index (χ0v) is 17.4. The predicted molar refractivity (Wildman–Crippen MR) is 109 cm³/mol. The summed E-state index contributed by atoms with van der Waals surface area (Å²) in [6, 6.07) is 8.28. The Kier molecular flexibility index (Phi) is 5.40. The number of nitrogens with zero attached hydrogens (tertiary/aromatic N) is 3. The van der Waals surface area contributed by atoms with Crippen LogP contribution in [0.15, 0.2) is 34.7 Å². The molecule has 1 aromatic heterocycles. The van der Waals surface area contributed by atoms with Crippen molar-refractivity contribution in [3.05, 3.63) is 36.1 Å². The molecule has 0 unspecified atom stereocenters. The van der Waals surface area contributed by atoms with Crippen LogP contribution in [0.1, 0.15) is 12.7 Å². The van der Waals surface area contributed by atoms with E-state index in [2.05, 4.69) is 5.32 Å². The highest BCUT2D eigenvalue weighted by atomic mass is 16.5. The van der Waals surface area contributed by atoms with Crippen LogP contribution in [0.25, 0.3) is 11.0 Å². The Morgan fingerprint density at radius 3 is 2.61 bits per heavy atom. The lowest BCUT2D eigenvalue weighted by atomic mass is 9.99. The van der Waals surface area contributed by atoms with Crippen molar-refractivity contribution in [2.75, 3.05) is 46.4 Å². The lowest BCUT2D eigenvalue weighted by molar-refractivity contribution is -0.143. The van der Waals surface area contributed by atoms with Gasteiger partial charge in [-0.3, -0.25) is 19.3 Å². The average Bonchev–Trinajstić information content (AvgIpc) is 3.30. The number of urea groups is 1. The lowest BCUT2D eigenvalue weighted by Crippen LogP contribution is -2.48. The highest BCUT2D eigenvalue weighted by Gasteiger charge is 2.51. The number of morpholine rings is 1. The van der Waals surface area contributed by atoms with Gasteiger partial charge in [-0.05, 0) is 19.1 Å². The average molecular weight is 428 g/mol. The maximum atomic E-state index is 13.1. The first-order chi connectivity index (χ1) is 14.8. The molecule has 1 atom stereocenters. The van der Waals surface area contributed by atoms with Crippen LogP contribution in [0.2, 0.25) is 0 Å². The number of carbonyl (C=O) groups excluding carboxylic acids is 4. The molecule has 2 aromatic rings. The van der Waals surface area contributed by atoms with E-state index in [-0.39, 0.29) is 18.2 Å². The molecule has 1 aromatic carbocycles. The number of fused-ring (bicyclic) bond motifs is 1. The molecule has 10 heteroatoms. The van der Waals surface area contributed by atoms with E-state index in [0.29, 0.717) is 31.9 Å². The van der Waals surface area contributed by atoms with E-state index in [4.69, 9.17) is 9.15 Å². The molecule has 31 heavy (non-hydrogen) atoms. The molecular weight excluding hydrogens is 404 g/mol. The number of benzene rings is 1. The van der Waals surface area contributed by atoms with Crippen LogP contribution in [0, 0.1) is 0 Å². The van der Waals surface area contributed by atoms with Crippen molar-refractivity contribution in [1.82, 2.24) is 20.0 Å². The summed E-state index contributed by atoms with van der Waals surface area (Å²) in [5.41, 5.74) is -0.824. The van der Waals surface area contributed by atoms with Gasteiger partial charge in [0.05, 0.1) is 19.8 Å². The van der Waals surface area contributed by atoms with Gasteiger partial charge >= 0.3 is 6.03 Å². The molecule has 0 spiro atoms. The maximum absolute atomic E-state index is 13.1. The molecule has 2 aliphatic heterocycles. The summed E-state index contributed by atoms with van der Waals surface area (Å²) in [4.78, 5) is 54.3. The first kappa shape index (κ1) is 20.9. The molecule has 0 saturated carbocycles. The molecule has 5 amide bonds. The second-order valence-electron chi connectivity index (χ2n) is 7.84. The van der Waals surface area contributed by atoms with Crippen LogP contribution in [0.3, 0.4) is 0 Å². The van der Waals surface area contributed by atoms with E-state index < -0.39 is 29.9 Å². The van der Waals surface area contributed by atoms with Crippen LogP contribution in [-0.4, -0.2) is 84.9 Å². The molecule has 2 fully saturated rings. The third-order valence-corrected chi connectivity index (χ3v) is 5.65. The minimum Gasteiger partial charge on any atom is -0.458 e. The Balaban J connectivity index is 1.43. The molecule has 4 rings (SSSR count). The molecule has 164 valence electrons. The lowest BCUT2D eigenvalue weighted by Gasteiger charge is -2.29. The molecule has 0 radical (unpaired) electrons. The van der Waals surface area contributed by atoms with Gasteiger partial charge in [-0.2, -0.15) is 0 Å². The van der Waals surface area contributed by atoms with Gasteiger partial charge in [-0.25, -0.2) is 4.79 Å². The highest BCUT2D eigenvalue weighted by Crippen LogP contribution is 2.32. The number of likely N-dealkylation sites (N-methyl/N-ethyl adjacent to an activating group) is 1. The van der Waals surface area contributed by atoms with Gasteiger partial charge in [0.15, 0.2) is 5.54 Å². The normalized spacial score (nSPS) is 21.5. The van der Waals surface area contributed by atoms with Gasteiger partial charge in [0.1, 0.15) is 17.9 Å². The zero-order valence-electron chi connectivity index (χ0n) is 17.4. The summed E-state index contributed by atoms with van der Waals surface area (Å²) >= 11 is 0. The standard InChI is InChI=1S/C21H24N4O6/c1-21(16-11-14-5-3-4-6-15(14)31-16)19(28)25(20(29)22-21)13-17(26)23(2)12-18(27)24-7-9-30-10-8-24/h3-6,11H,7-10,12-13H2,1-2H3,(H,22,29)/t21-/m0/s1. The van der Waals surface area contributed by atoms with Crippen molar-refractivity contribution in [3.63, 3.8) is 0 Å². The van der Waals surface area contributed by atoms with Gasteiger partial charge in [0, 0.05) is 25.5 Å². The topological polar surface area (TPSA) is 112 Å². The van der Waals surface area contributed by atoms with Crippen molar-refractivity contribution in [1.29, 1.82) is 0 Å². The minimum atomic E-state index is -1.42. The number of carbonyl (C=O) groups is 4. The number of furan rings is 1. The van der Waals surface area contributed by atoms with Gasteiger partial charge < -0.3 is 24.3 Å². The monoisotopic (exact) mass is 428 g/mol. The second-order valence-corrected chi connectivity index (χ2v) is 7.84. The van der Waals surface area contributed by atoms with Crippen molar-refractivity contribution in [3.8, 4) is 0 Å². The summed E-state index contributed by atoms with van der Waals surface area (Å²) in [6.07, 6.45) is 0. The summed E-state index contributed by atoms with van der Waals surface area (Å²) in [6.45, 7) is 2.82. The summed E-state index contributed by atoms with van der Waals surface area (Å²) < 4.78 is 11.0. The van der Waals surface area contributed by atoms with Crippen LogP contribution in [0.4, 0.5) is 4.79 Å². The zero-order chi connectivity index (χ0) is 22.2. The highest BCUT2D eigenvalue weighted by molar-refractivity contribution is 6.09. The van der Waals surface area contributed by atoms with Gasteiger partial charge in [0.2, 0.25) is 11.8 Å². The van der Waals surface area contributed by atoms with E-state index in [1.165, 1.54) is 11.9 Å². The van der Waals surface area contributed by atoms with Gasteiger partial charge in [-0.15, -0.1) is 0 Å². The molecule has 0 bridgehead atoms. The fourth-order valence-electron chi connectivity index (χ4n) is 3.70. The Morgan fingerprint density at radius 2 is 1.90 bits per heavy atom. The number of ether oxygens (including phenoxy) is 1. The molecular formula is C21H24N4O6. The van der Waals surface area contributed by atoms with Gasteiger partial charge in [-0.1, -0.05) is 18.2 Å². The number of hydrogen-bond acceptors (Lipinski definition) is 6. The van der Waals surface area contributed by atoms with Crippen molar-refractivity contribution in [2.45, 2.75) is 12.5 Å². The minimum absolute atomic E-state index is 0.136. The summed E-state index contributed by atoms with van der Waals surface area (Å²) in [5, 5.41) is 3.43. The van der Waals surface area contributed by atoms with Crippen LogP contribution in [0.5, 0.6) is 0 Å². The van der Waals surface area contributed by atoms with Crippen molar-refractivity contribution < 1.29 is 28.3 Å². The number of imide groups is 1. The van der Waals surface area contributed by atoms with E-state index >= 15 is 0 Å².